The number of thioether (sulfide) groups is 1. The Morgan fingerprint density at radius 1 is 1.17 bits per heavy atom. The van der Waals surface area contributed by atoms with Crippen molar-refractivity contribution in [3.8, 4) is 0 Å². The predicted molar refractivity (Wildman–Crippen MR) is 102 cm³/mol. The van der Waals surface area contributed by atoms with E-state index in [-0.39, 0.29) is 5.56 Å². The van der Waals surface area contributed by atoms with Crippen LogP contribution < -0.4 is 5.56 Å². The van der Waals surface area contributed by atoms with Crippen LogP contribution in [0.5, 0.6) is 0 Å². The number of methoxy groups -OCH3 is 1. The van der Waals surface area contributed by atoms with Crippen molar-refractivity contribution in [2.75, 3.05) is 13.7 Å². The molecule has 24 heavy (non-hydrogen) atoms. The first-order chi connectivity index (χ1) is 11.7. The van der Waals surface area contributed by atoms with E-state index in [2.05, 4.69) is 27.0 Å². The quantitative estimate of drug-likeness (QED) is 0.458. The minimum Gasteiger partial charge on any atom is -0.383 e. The molecule has 0 fully saturated rings. The summed E-state index contributed by atoms with van der Waals surface area (Å²) < 4.78 is 7.91. The highest BCUT2D eigenvalue weighted by molar-refractivity contribution is 9.10. The Bertz CT molecular complexity index is 911. The van der Waals surface area contributed by atoms with Gasteiger partial charge in [0, 0.05) is 17.3 Å². The number of ether oxygens (including phenoxy) is 1. The van der Waals surface area contributed by atoms with Crippen molar-refractivity contribution < 1.29 is 4.74 Å². The summed E-state index contributed by atoms with van der Waals surface area (Å²) in [4.78, 5) is 17.5. The molecule has 0 spiro atoms. The number of aromatic nitrogens is 2. The van der Waals surface area contributed by atoms with Gasteiger partial charge in [0.1, 0.15) is 0 Å². The van der Waals surface area contributed by atoms with Gasteiger partial charge in [-0.05, 0) is 23.8 Å². The number of para-hydroxylation sites is 1. The average Bonchev–Trinajstić information content (AvgIpc) is 2.60. The summed E-state index contributed by atoms with van der Waals surface area (Å²) in [7, 11) is 1.63. The largest absolute Gasteiger partial charge is 0.383 e. The fourth-order valence-electron chi connectivity index (χ4n) is 2.40. The second-order valence-corrected chi connectivity index (χ2v) is 7.04. The molecule has 0 atom stereocenters. The normalized spacial score (nSPS) is 11.1. The lowest BCUT2D eigenvalue weighted by Gasteiger charge is -2.13. The number of nitrogens with zero attached hydrogens (tertiary/aromatic N) is 2. The molecule has 0 bridgehead atoms. The van der Waals surface area contributed by atoms with Crippen LogP contribution in [0.15, 0.2) is 63.0 Å². The van der Waals surface area contributed by atoms with Gasteiger partial charge in [-0.15, -0.1) is 0 Å². The summed E-state index contributed by atoms with van der Waals surface area (Å²) in [5.74, 6) is 0.735. The zero-order chi connectivity index (χ0) is 16.9. The molecule has 0 amide bonds. The molecule has 0 aliphatic carbocycles. The highest BCUT2D eigenvalue weighted by Gasteiger charge is 2.12. The molecule has 4 nitrogen and oxygen atoms in total. The van der Waals surface area contributed by atoms with Crippen molar-refractivity contribution in [2.45, 2.75) is 17.5 Å². The summed E-state index contributed by atoms with van der Waals surface area (Å²) >= 11 is 5.12. The van der Waals surface area contributed by atoms with Gasteiger partial charge in [0.25, 0.3) is 5.56 Å². The lowest BCUT2D eigenvalue weighted by molar-refractivity contribution is 0.183. The zero-order valence-corrected chi connectivity index (χ0v) is 15.6. The van der Waals surface area contributed by atoms with E-state index < -0.39 is 0 Å². The topological polar surface area (TPSA) is 44.1 Å². The van der Waals surface area contributed by atoms with Crippen LogP contribution in [0.4, 0.5) is 0 Å². The molecular formula is C18H17BrN2O2S. The summed E-state index contributed by atoms with van der Waals surface area (Å²) in [6.07, 6.45) is 0. The smallest absolute Gasteiger partial charge is 0.262 e. The van der Waals surface area contributed by atoms with Gasteiger partial charge in [0.15, 0.2) is 5.16 Å². The molecule has 0 unspecified atom stereocenters. The third-order valence-corrected chi connectivity index (χ3v) is 5.46. The van der Waals surface area contributed by atoms with Crippen molar-refractivity contribution in [3.05, 3.63) is 68.9 Å². The minimum atomic E-state index is -0.0210. The second-order valence-electron chi connectivity index (χ2n) is 5.24. The number of benzene rings is 2. The number of rotatable bonds is 6. The van der Waals surface area contributed by atoms with Crippen molar-refractivity contribution in [1.82, 2.24) is 9.55 Å². The van der Waals surface area contributed by atoms with Crippen LogP contribution in [0.25, 0.3) is 10.9 Å². The Labute approximate surface area is 153 Å². The summed E-state index contributed by atoms with van der Waals surface area (Å²) in [5, 5.41) is 1.35. The van der Waals surface area contributed by atoms with Gasteiger partial charge in [0.2, 0.25) is 0 Å². The molecule has 1 heterocycles. The maximum atomic E-state index is 12.8. The fourth-order valence-corrected chi connectivity index (χ4v) is 4.04. The number of hydrogen-bond donors (Lipinski definition) is 0. The van der Waals surface area contributed by atoms with E-state index in [0.29, 0.717) is 23.7 Å². The van der Waals surface area contributed by atoms with E-state index >= 15 is 0 Å². The Kier molecular flexibility index (Phi) is 5.71. The fraction of sp³-hybridized carbons (Fsp3) is 0.222. The Morgan fingerprint density at radius 2 is 1.92 bits per heavy atom. The van der Waals surface area contributed by atoms with Crippen LogP contribution in [-0.2, 0) is 17.0 Å². The molecule has 3 aromatic rings. The summed E-state index contributed by atoms with van der Waals surface area (Å²) in [6.45, 7) is 0.966. The maximum absolute atomic E-state index is 12.8. The van der Waals surface area contributed by atoms with E-state index in [9.17, 15) is 4.79 Å². The first-order valence-corrected chi connectivity index (χ1v) is 9.33. The van der Waals surface area contributed by atoms with Crippen LogP contribution in [-0.4, -0.2) is 23.3 Å². The third-order valence-electron chi connectivity index (χ3n) is 3.66. The van der Waals surface area contributed by atoms with Gasteiger partial charge in [-0.3, -0.25) is 9.36 Å². The van der Waals surface area contributed by atoms with Crippen LogP contribution >= 0.6 is 27.7 Å². The first kappa shape index (κ1) is 17.2. The highest BCUT2D eigenvalue weighted by Crippen LogP contribution is 2.26. The third kappa shape index (κ3) is 3.71. The molecule has 0 N–H and O–H groups in total. The molecule has 6 heteroatoms. The van der Waals surface area contributed by atoms with Crippen molar-refractivity contribution in [3.63, 3.8) is 0 Å². The standard InChI is InChI=1S/C18H17BrN2O2S/c1-23-11-10-21-17(22)14-7-3-5-9-16(14)20-18(21)24-12-13-6-2-4-8-15(13)19/h2-9H,10-12H2,1H3. The average molecular weight is 405 g/mol. The highest BCUT2D eigenvalue weighted by atomic mass is 79.9. The molecule has 2 aromatic carbocycles. The number of halogens is 1. The van der Waals surface area contributed by atoms with E-state index in [1.165, 1.54) is 5.56 Å². The monoisotopic (exact) mass is 404 g/mol. The van der Waals surface area contributed by atoms with Gasteiger partial charge >= 0.3 is 0 Å². The maximum Gasteiger partial charge on any atom is 0.262 e. The lowest BCUT2D eigenvalue weighted by atomic mass is 10.2. The molecular weight excluding hydrogens is 388 g/mol. The van der Waals surface area contributed by atoms with Crippen LogP contribution in [0, 0.1) is 0 Å². The Hall–Kier alpha value is -1.63. The second kappa shape index (κ2) is 7.96. The Balaban J connectivity index is 1.98. The minimum absolute atomic E-state index is 0.0210. The van der Waals surface area contributed by atoms with Gasteiger partial charge in [-0.2, -0.15) is 0 Å². The van der Waals surface area contributed by atoms with E-state index in [4.69, 9.17) is 4.74 Å². The zero-order valence-electron chi connectivity index (χ0n) is 13.2. The van der Waals surface area contributed by atoms with Crippen molar-refractivity contribution >= 4 is 38.6 Å². The summed E-state index contributed by atoms with van der Waals surface area (Å²) in [6, 6.07) is 15.5. The summed E-state index contributed by atoms with van der Waals surface area (Å²) in [5.41, 5.74) is 1.88. The van der Waals surface area contributed by atoms with Crippen LogP contribution in [0.3, 0.4) is 0 Å². The van der Waals surface area contributed by atoms with Crippen LogP contribution in [0.2, 0.25) is 0 Å². The molecule has 0 radical (unpaired) electrons. The van der Waals surface area contributed by atoms with Gasteiger partial charge < -0.3 is 4.74 Å². The molecule has 0 saturated heterocycles. The van der Waals surface area contributed by atoms with Gasteiger partial charge in [-0.25, -0.2) is 4.98 Å². The molecule has 1 aromatic heterocycles. The van der Waals surface area contributed by atoms with Crippen molar-refractivity contribution in [1.29, 1.82) is 0 Å². The van der Waals surface area contributed by atoms with E-state index in [1.54, 1.807) is 23.4 Å². The number of fused-ring (bicyclic) bond motifs is 1. The van der Waals surface area contributed by atoms with E-state index in [0.717, 1.165) is 15.7 Å². The molecule has 124 valence electrons. The van der Waals surface area contributed by atoms with Crippen molar-refractivity contribution in [2.24, 2.45) is 0 Å². The molecule has 0 aliphatic rings. The van der Waals surface area contributed by atoms with Crippen LogP contribution in [0.1, 0.15) is 5.56 Å². The molecule has 0 aliphatic heterocycles. The number of hydrogen-bond acceptors (Lipinski definition) is 4. The predicted octanol–water partition coefficient (Wildman–Crippen LogP) is 4.10. The SMILES string of the molecule is COCCn1c(SCc2ccccc2Br)nc2ccccc2c1=O. The molecule has 0 saturated carbocycles. The Morgan fingerprint density at radius 3 is 2.71 bits per heavy atom. The molecule has 3 rings (SSSR count). The van der Waals surface area contributed by atoms with Gasteiger partial charge in [-0.1, -0.05) is 58.0 Å². The lowest BCUT2D eigenvalue weighted by Crippen LogP contribution is -2.25. The van der Waals surface area contributed by atoms with E-state index in [1.807, 2.05) is 42.5 Å². The first-order valence-electron chi connectivity index (χ1n) is 7.55. The van der Waals surface area contributed by atoms with Gasteiger partial charge in [0.05, 0.1) is 24.1 Å².